The molecule has 0 heterocycles. The molecule has 0 aromatic heterocycles. The monoisotopic (exact) mass is 253 g/mol. The van der Waals surface area contributed by atoms with E-state index in [-0.39, 0.29) is 0 Å². The lowest BCUT2D eigenvalue weighted by atomic mass is 10.0. The standard InChI is InChI=1S/C12H16BrN/c1-14-12(7-8-12)6-5-10-3-2-4-11(13)9-10/h2-4,9,14H,5-8H2,1H3. The summed E-state index contributed by atoms with van der Waals surface area (Å²) >= 11 is 3.50. The van der Waals surface area contributed by atoms with E-state index in [2.05, 4.69) is 52.6 Å². The molecule has 1 aliphatic rings. The third-order valence-electron chi connectivity index (χ3n) is 3.17. The molecule has 1 aromatic carbocycles. The molecular formula is C12H16BrN. The summed E-state index contributed by atoms with van der Waals surface area (Å²) < 4.78 is 1.18. The summed E-state index contributed by atoms with van der Waals surface area (Å²) in [7, 11) is 2.08. The molecule has 1 nitrogen and oxygen atoms in total. The van der Waals surface area contributed by atoms with Crippen LogP contribution in [0, 0.1) is 0 Å². The topological polar surface area (TPSA) is 12.0 Å². The molecule has 0 atom stereocenters. The van der Waals surface area contributed by atoms with Crippen LogP contribution >= 0.6 is 15.9 Å². The highest BCUT2D eigenvalue weighted by atomic mass is 79.9. The molecule has 0 radical (unpaired) electrons. The first-order valence-electron chi connectivity index (χ1n) is 5.17. The van der Waals surface area contributed by atoms with Crippen LogP contribution in [0.15, 0.2) is 28.7 Å². The van der Waals surface area contributed by atoms with Gasteiger partial charge in [-0.3, -0.25) is 0 Å². The number of halogens is 1. The van der Waals surface area contributed by atoms with E-state index in [1.54, 1.807) is 0 Å². The molecule has 2 rings (SSSR count). The number of benzene rings is 1. The fraction of sp³-hybridized carbons (Fsp3) is 0.500. The van der Waals surface area contributed by atoms with Crippen LogP contribution < -0.4 is 5.32 Å². The second kappa shape index (κ2) is 4.03. The summed E-state index contributed by atoms with van der Waals surface area (Å²) in [6.45, 7) is 0. The summed E-state index contributed by atoms with van der Waals surface area (Å²) in [5.41, 5.74) is 1.91. The SMILES string of the molecule is CNC1(CCc2cccc(Br)c2)CC1. The Bertz CT molecular complexity index is 318. The van der Waals surface area contributed by atoms with Crippen LogP contribution in [0.5, 0.6) is 0 Å². The second-order valence-corrected chi connectivity index (χ2v) is 5.08. The zero-order chi connectivity index (χ0) is 10.0. The summed E-state index contributed by atoms with van der Waals surface area (Å²) in [5, 5.41) is 3.43. The highest BCUT2D eigenvalue weighted by molar-refractivity contribution is 9.10. The van der Waals surface area contributed by atoms with Gasteiger partial charge in [-0.15, -0.1) is 0 Å². The Kier molecular flexibility index (Phi) is 2.93. The second-order valence-electron chi connectivity index (χ2n) is 4.16. The molecule has 76 valence electrons. The Balaban J connectivity index is 1.92. The largest absolute Gasteiger partial charge is 0.314 e. The minimum atomic E-state index is 0.475. The first kappa shape index (κ1) is 10.2. The normalized spacial score (nSPS) is 18.1. The maximum absolute atomic E-state index is 3.50. The molecule has 0 amide bonds. The third kappa shape index (κ3) is 2.37. The molecule has 0 spiro atoms. The third-order valence-corrected chi connectivity index (χ3v) is 3.66. The molecule has 1 fully saturated rings. The number of hydrogen-bond donors (Lipinski definition) is 1. The van der Waals surface area contributed by atoms with Gasteiger partial charge in [-0.25, -0.2) is 0 Å². The van der Waals surface area contributed by atoms with Gasteiger partial charge in [-0.2, -0.15) is 0 Å². The van der Waals surface area contributed by atoms with Crippen molar-refractivity contribution in [3.63, 3.8) is 0 Å². The zero-order valence-electron chi connectivity index (χ0n) is 8.52. The molecule has 1 aromatic rings. The van der Waals surface area contributed by atoms with Crippen molar-refractivity contribution < 1.29 is 0 Å². The van der Waals surface area contributed by atoms with E-state index >= 15 is 0 Å². The van der Waals surface area contributed by atoms with Gasteiger partial charge in [0.25, 0.3) is 0 Å². The molecule has 1 N–H and O–H groups in total. The van der Waals surface area contributed by atoms with Crippen molar-refractivity contribution in [3.8, 4) is 0 Å². The van der Waals surface area contributed by atoms with Gasteiger partial charge in [-0.05, 0) is 50.4 Å². The average Bonchev–Trinajstić information content (AvgIpc) is 2.96. The van der Waals surface area contributed by atoms with Crippen molar-refractivity contribution in [2.75, 3.05) is 7.05 Å². The molecule has 0 saturated heterocycles. The number of aryl methyl sites for hydroxylation is 1. The highest BCUT2D eigenvalue weighted by Crippen LogP contribution is 2.39. The Hall–Kier alpha value is -0.340. The van der Waals surface area contributed by atoms with Crippen molar-refractivity contribution in [1.29, 1.82) is 0 Å². The van der Waals surface area contributed by atoms with Gasteiger partial charge in [0.15, 0.2) is 0 Å². The van der Waals surface area contributed by atoms with E-state index in [4.69, 9.17) is 0 Å². The van der Waals surface area contributed by atoms with Crippen molar-refractivity contribution in [2.24, 2.45) is 0 Å². The summed E-state index contributed by atoms with van der Waals surface area (Å²) in [5.74, 6) is 0. The molecule has 0 unspecified atom stereocenters. The van der Waals surface area contributed by atoms with Gasteiger partial charge >= 0.3 is 0 Å². The Labute approximate surface area is 94.0 Å². The van der Waals surface area contributed by atoms with Gasteiger partial charge in [0.2, 0.25) is 0 Å². The number of hydrogen-bond acceptors (Lipinski definition) is 1. The van der Waals surface area contributed by atoms with Gasteiger partial charge in [-0.1, -0.05) is 28.1 Å². The minimum Gasteiger partial charge on any atom is -0.314 e. The fourth-order valence-corrected chi connectivity index (χ4v) is 2.30. The lowest BCUT2D eigenvalue weighted by Gasteiger charge is -2.13. The quantitative estimate of drug-likeness (QED) is 0.870. The Morgan fingerprint density at radius 2 is 2.21 bits per heavy atom. The Morgan fingerprint density at radius 3 is 2.79 bits per heavy atom. The van der Waals surface area contributed by atoms with Crippen LogP contribution in [0.25, 0.3) is 0 Å². The van der Waals surface area contributed by atoms with Crippen LogP contribution in [0.1, 0.15) is 24.8 Å². The lowest BCUT2D eigenvalue weighted by Crippen LogP contribution is -2.27. The summed E-state index contributed by atoms with van der Waals surface area (Å²) in [6.07, 6.45) is 5.13. The predicted octanol–water partition coefficient (Wildman–Crippen LogP) is 3.13. The zero-order valence-corrected chi connectivity index (χ0v) is 10.1. The van der Waals surface area contributed by atoms with Crippen LogP contribution in [0.4, 0.5) is 0 Å². The predicted molar refractivity (Wildman–Crippen MR) is 63.5 cm³/mol. The van der Waals surface area contributed by atoms with Crippen LogP contribution in [0.2, 0.25) is 0 Å². The van der Waals surface area contributed by atoms with Crippen LogP contribution in [0.3, 0.4) is 0 Å². The van der Waals surface area contributed by atoms with E-state index in [1.165, 1.54) is 35.7 Å². The molecule has 0 bridgehead atoms. The van der Waals surface area contributed by atoms with Gasteiger partial charge in [0.05, 0.1) is 0 Å². The van der Waals surface area contributed by atoms with Crippen LogP contribution in [-0.2, 0) is 6.42 Å². The van der Waals surface area contributed by atoms with Crippen LogP contribution in [-0.4, -0.2) is 12.6 Å². The molecule has 14 heavy (non-hydrogen) atoms. The maximum Gasteiger partial charge on any atom is 0.0183 e. The van der Waals surface area contributed by atoms with E-state index in [9.17, 15) is 0 Å². The first-order valence-corrected chi connectivity index (χ1v) is 5.97. The van der Waals surface area contributed by atoms with Gasteiger partial charge in [0, 0.05) is 10.0 Å². The highest BCUT2D eigenvalue weighted by Gasteiger charge is 2.39. The maximum atomic E-state index is 3.50. The molecule has 1 aliphatic carbocycles. The van der Waals surface area contributed by atoms with Crippen molar-refractivity contribution >= 4 is 15.9 Å². The summed E-state index contributed by atoms with van der Waals surface area (Å²) in [4.78, 5) is 0. The smallest absolute Gasteiger partial charge is 0.0183 e. The molecule has 1 saturated carbocycles. The number of rotatable bonds is 4. The van der Waals surface area contributed by atoms with Gasteiger partial charge < -0.3 is 5.32 Å². The van der Waals surface area contributed by atoms with Gasteiger partial charge in [0.1, 0.15) is 0 Å². The summed E-state index contributed by atoms with van der Waals surface area (Å²) in [6, 6.07) is 8.61. The van der Waals surface area contributed by atoms with E-state index in [0.717, 1.165) is 0 Å². The molecular weight excluding hydrogens is 238 g/mol. The van der Waals surface area contributed by atoms with E-state index < -0.39 is 0 Å². The average molecular weight is 254 g/mol. The minimum absolute atomic E-state index is 0.475. The van der Waals surface area contributed by atoms with Crippen molar-refractivity contribution in [2.45, 2.75) is 31.2 Å². The fourth-order valence-electron chi connectivity index (χ4n) is 1.85. The van der Waals surface area contributed by atoms with Crippen molar-refractivity contribution in [3.05, 3.63) is 34.3 Å². The Morgan fingerprint density at radius 1 is 1.43 bits per heavy atom. The number of nitrogens with one attached hydrogen (secondary N) is 1. The molecule has 2 heteroatoms. The van der Waals surface area contributed by atoms with E-state index in [1.807, 2.05) is 0 Å². The van der Waals surface area contributed by atoms with Crippen molar-refractivity contribution in [1.82, 2.24) is 5.32 Å². The lowest BCUT2D eigenvalue weighted by molar-refractivity contribution is 0.509. The molecule has 0 aliphatic heterocycles. The van der Waals surface area contributed by atoms with E-state index in [0.29, 0.717) is 5.54 Å². The first-order chi connectivity index (χ1) is 6.74.